The van der Waals surface area contributed by atoms with E-state index in [-0.39, 0.29) is 23.8 Å². The van der Waals surface area contributed by atoms with E-state index in [0.29, 0.717) is 13.1 Å². The highest BCUT2D eigenvalue weighted by molar-refractivity contribution is 5.96. The predicted octanol–water partition coefficient (Wildman–Crippen LogP) is 1.30. The molecular formula is C18H25N7O2. The molecule has 1 aliphatic rings. The summed E-state index contributed by atoms with van der Waals surface area (Å²) in [4.78, 5) is 33.0. The van der Waals surface area contributed by atoms with Crippen molar-refractivity contribution in [3.05, 3.63) is 36.7 Å². The molecule has 2 aromatic rings. The number of H-pyrrole nitrogens is 1. The van der Waals surface area contributed by atoms with Gasteiger partial charge in [-0.1, -0.05) is 32.0 Å². The van der Waals surface area contributed by atoms with Crippen LogP contribution in [0.4, 0.5) is 16.4 Å². The van der Waals surface area contributed by atoms with Crippen molar-refractivity contribution in [2.45, 2.75) is 19.9 Å². The smallest absolute Gasteiger partial charge is 0.318 e. The molecule has 1 aliphatic heterocycles. The van der Waals surface area contributed by atoms with Crippen molar-refractivity contribution in [1.29, 1.82) is 0 Å². The monoisotopic (exact) mass is 371 g/mol. The Bertz CT molecular complexity index is 740. The Hall–Kier alpha value is -3.10. The summed E-state index contributed by atoms with van der Waals surface area (Å²) in [5, 5.41) is 11.8. The average molecular weight is 371 g/mol. The van der Waals surface area contributed by atoms with Gasteiger partial charge in [-0.25, -0.2) is 9.89 Å². The summed E-state index contributed by atoms with van der Waals surface area (Å²) in [6.45, 7) is 6.50. The largest absolute Gasteiger partial charge is 0.368 e. The molecule has 0 spiro atoms. The number of hydrogen-bond donors (Lipinski definition) is 3. The average Bonchev–Trinajstić information content (AvgIpc) is 3.19. The minimum Gasteiger partial charge on any atom is -0.368 e. The Morgan fingerprint density at radius 2 is 1.81 bits per heavy atom. The summed E-state index contributed by atoms with van der Waals surface area (Å²) in [5.74, 6) is -0.128. The Morgan fingerprint density at radius 1 is 1.11 bits per heavy atom. The molecule has 0 aliphatic carbocycles. The molecule has 3 rings (SSSR count). The van der Waals surface area contributed by atoms with Gasteiger partial charge in [-0.05, 0) is 18.1 Å². The van der Waals surface area contributed by atoms with Crippen LogP contribution in [0.2, 0.25) is 0 Å². The molecule has 1 atom stereocenters. The SMILES string of the molecule is CC(C)[C@H](NC(=O)N1CCN(c2ccccc2)CC1)C(=O)Nc1ncn[nH]1. The van der Waals surface area contributed by atoms with Crippen molar-refractivity contribution < 1.29 is 9.59 Å². The van der Waals surface area contributed by atoms with Crippen LogP contribution in [-0.4, -0.2) is 64.2 Å². The first kappa shape index (κ1) is 18.7. The van der Waals surface area contributed by atoms with Crippen LogP contribution in [-0.2, 0) is 4.79 Å². The van der Waals surface area contributed by atoms with Gasteiger partial charge in [0.15, 0.2) is 0 Å². The summed E-state index contributed by atoms with van der Waals surface area (Å²) >= 11 is 0. The third-order valence-electron chi connectivity index (χ3n) is 4.57. The number of aromatic nitrogens is 3. The highest BCUT2D eigenvalue weighted by Crippen LogP contribution is 2.16. The molecule has 0 radical (unpaired) electrons. The second kappa shape index (κ2) is 8.52. The Kier molecular flexibility index (Phi) is 5.90. The van der Waals surface area contributed by atoms with Gasteiger partial charge in [0.25, 0.3) is 0 Å². The van der Waals surface area contributed by atoms with Gasteiger partial charge in [-0.15, -0.1) is 0 Å². The van der Waals surface area contributed by atoms with Gasteiger partial charge in [0.05, 0.1) is 0 Å². The third-order valence-corrected chi connectivity index (χ3v) is 4.57. The van der Waals surface area contributed by atoms with E-state index in [1.165, 1.54) is 6.33 Å². The van der Waals surface area contributed by atoms with E-state index in [9.17, 15) is 9.59 Å². The van der Waals surface area contributed by atoms with E-state index in [4.69, 9.17) is 0 Å². The van der Waals surface area contributed by atoms with Crippen LogP contribution in [0.3, 0.4) is 0 Å². The van der Waals surface area contributed by atoms with Gasteiger partial charge in [0.1, 0.15) is 12.4 Å². The fourth-order valence-corrected chi connectivity index (χ4v) is 3.03. The van der Waals surface area contributed by atoms with Gasteiger partial charge >= 0.3 is 6.03 Å². The second-order valence-electron chi connectivity index (χ2n) is 6.80. The number of carbonyl (C=O) groups excluding carboxylic acids is 2. The van der Waals surface area contributed by atoms with Crippen LogP contribution < -0.4 is 15.5 Å². The minimum absolute atomic E-state index is 0.0671. The summed E-state index contributed by atoms with van der Waals surface area (Å²) in [6, 6.07) is 9.26. The zero-order valence-corrected chi connectivity index (χ0v) is 15.6. The maximum absolute atomic E-state index is 12.6. The lowest BCUT2D eigenvalue weighted by atomic mass is 10.0. The van der Waals surface area contributed by atoms with E-state index >= 15 is 0 Å². The van der Waals surface area contributed by atoms with E-state index < -0.39 is 6.04 Å². The van der Waals surface area contributed by atoms with Crippen molar-refractivity contribution in [1.82, 2.24) is 25.4 Å². The lowest BCUT2D eigenvalue weighted by molar-refractivity contribution is -0.118. The zero-order valence-electron chi connectivity index (χ0n) is 15.6. The Balaban J connectivity index is 1.54. The molecule has 3 N–H and O–H groups in total. The molecule has 3 amide bonds. The van der Waals surface area contributed by atoms with Crippen molar-refractivity contribution in [3.63, 3.8) is 0 Å². The lowest BCUT2D eigenvalue weighted by Gasteiger charge is -2.37. The molecule has 9 heteroatoms. The predicted molar refractivity (Wildman–Crippen MR) is 102 cm³/mol. The number of carbonyl (C=O) groups is 2. The van der Waals surface area contributed by atoms with Crippen molar-refractivity contribution in [2.24, 2.45) is 5.92 Å². The molecule has 1 aromatic heterocycles. The molecule has 9 nitrogen and oxygen atoms in total. The highest BCUT2D eigenvalue weighted by atomic mass is 16.2. The first-order valence-corrected chi connectivity index (χ1v) is 9.06. The number of hydrogen-bond acceptors (Lipinski definition) is 5. The summed E-state index contributed by atoms with van der Waals surface area (Å²) < 4.78 is 0. The number of rotatable bonds is 5. The maximum atomic E-state index is 12.6. The van der Waals surface area contributed by atoms with Crippen molar-refractivity contribution >= 4 is 23.6 Å². The normalized spacial score (nSPS) is 15.5. The fourth-order valence-electron chi connectivity index (χ4n) is 3.03. The van der Waals surface area contributed by atoms with Crippen LogP contribution in [0.5, 0.6) is 0 Å². The highest BCUT2D eigenvalue weighted by Gasteiger charge is 2.28. The molecule has 1 saturated heterocycles. The number of nitrogens with zero attached hydrogens (tertiary/aromatic N) is 4. The Morgan fingerprint density at radius 3 is 2.41 bits per heavy atom. The van der Waals surface area contributed by atoms with E-state index in [0.717, 1.165) is 18.8 Å². The number of urea groups is 1. The summed E-state index contributed by atoms with van der Waals surface area (Å²) in [5.41, 5.74) is 1.16. The van der Waals surface area contributed by atoms with Gasteiger partial charge in [0, 0.05) is 31.9 Å². The Labute approximate surface area is 158 Å². The maximum Gasteiger partial charge on any atom is 0.318 e. The lowest BCUT2D eigenvalue weighted by Crippen LogP contribution is -2.56. The van der Waals surface area contributed by atoms with Gasteiger partial charge in [-0.3, -0.25) is 10.1 Å². The van der Waals surface area contributed by atoms with Crippen molar-refractivity contribution in [2.75, 3.05) is 36.4 Å². The van der Waals surface area contributed by atoms with E-state index in [1.54, 1.807) is 4.90 Å². The van der Waals surface area contributed by atoms with E-state index in [2.05, 4.69) is 42.8 Å². The topological polar surface area (TPSA) is 106 Å². The van der Waals surface area contributed by atoms with Crippen LogP contribution in [0.25, 0.3) is 0 Å². The quantitative estimate of drug-likeness (QED) is 0.735. The summed E-state index contributed by atoms with van der Waals surface area (Å²) in [7, 11) is 0. The van der Waals surface area contributed by atoms with E-state index in [1.807, 2.05) is 32.0 Å². The van der Waals surface area contributed by atoms with Crippen LogP contribution >= 0.6 is 0 Å². The molecule has 1 aromatic carbocycles. The fraction of sp³-hybridized carbons (Fsp3) is 0.444. The molecule has 0 unspecified atom stereocenters. The number of nitrogens with one attached hydrogen (secondary N) is 3. The van der Waals surface area contributed by atoms with Gasteiger partial charge in [0.2, 0.25) is 11.9 Å². The van der Waals surface area contributed by atoms with Crippen molar-refractivity contribution in [3.8, 4) is 0 Å². The zero-order chi connectivity index (χ0) is 19.2. The van der Waals surface area contributed by atoms with Gasteiger partial charge in [-0.2, -0.15) is 10.1 Å². The minimum atomic E-state index is -0.658. The van der Waals surface area contributed by atoms with Gasteiger partial charge < -0.3 is 15.1 Å². The van der Waals surface area contributed by atoms with Crippen LogP contribution in [0.1, 0.15) is 13.8 Å². The first-order chi connectivity index (χ1) is 13.0. The number of aromatic amines is 1. The molecule has 27 heavy (non-hydrogen) atoms. The van der Waals surface area contributed by atoms with Crippen LogP contribution in [0, 0.1) is 5.92 Å². The molecule has 0 bridgehead atoms. The number of para-hydroxylation sites is 1. The standard InChI is InChI=1S/C18H25N7O2/c1-13(2)15(16(26)22-17-19-12-20-23-17)21-18(27)25-10-8-24(9-11-25)14-6-4-3-5-7-14/h3-7,12-13,15H,8-11H2,1-2H3,(H,21,27)(H2,19,20,22,23,26)/t15-/m0/s1. The number of benzene rings is 1. The second-order valence-corrected chi connectivity index (χ2v) is 6.80. The molecule has 1 fully saturated rings. The van der Waals surface area contributed by atoms with Crippen LogP contribution in [0.15, 0.2) is 36.7 Å². The summed E-state index contributed by atoms with van der Waals surface area (Å²) in [6.07, 6.45) is 1.31. The number of anilines is 2. The first-order valence-electron chi connectivity index (χ1n) is 9.06. The number of piperazine rings is 1. The number of amides is 3. The third kappa shape index (κ3) is 4.75. The molecular weight excluding hydrogens is 346 g/mol. The molecule has 2 heterocycles. The molecule has 144 valence electrons. The molecule has 0 saturated carbocycles.